The highest BCUT2D eigenvalue weighted by Gasteiger charge is 2.26. The van der Waals surface area contributed by atoms with Crippen molar-refractivity contribution in [2.45, 2.75) is 57.7 Å². The van der Waals surface area contributed by atoms with Gasteiger partial charge in [0.15, 0.2) is 5.17 Å². The van der Waals surface area contributed by atoms with E-state index in [2.05, 4.69) is 36.0 Å². The molecule has 0 saturated carbocycles. The van der Waals surface area contributed by atoms with Crippen molar-refractivity contribution < 1.29 is 0 Å². The Labute approximate surface area is 122 Å². The molecule has 2 atom stereocenters. The maximum Gasteiger partial charge on any atom is 0.156 e. The van der Waals surface area contributed by atoms with Gasteiger partial charge >= 0.3 is 0 Å². The molecule has 1 fully saturated rings. The molecule has 2 unspecified atom stereocenters. The number of thioether (sulfide) groups is 1. The molecule has 0 aromatic rings. The van der Waals surface area contributed by atoms with E-state index in [1.807, 2.05) is 11.8 Å². The fourth-order valence-corrected chi connectivity index (χ4v) is 4.42. The molecule has 2 aliphatic heterocycles. The standard InChI is InChI=1S/C15H29N3S/c1-4-13(5-2)14-11-17-15(19-14)16-10-12(3)18-8-6-7-9-18/h12-14H,4-11H2,1-3H3,(H,16,17). The van der Waals surface area contributed by atoms with E-state index in [1.54, 1.807) is 0 Å². The van der Waals surface area contributed by atoms with Gasteiger partial charge in [-0.25, -0.2) is 0 Å². The van der Waals surface area contributed by atoms with Crippen LogP contribution in [0.25, 0.3) is 0 Å². The van der Waals surface area contributed by atoms with E-state index in [0.29, 0.717) is 11.3 Å². The van der Waals surface area contributed by atoms with Gasteiger partial charge in [0.05, 0.1) is 6.54 Å². The number of amidine groups is 1. The quantitative estimate of drug-likeness (QED) is 0.812. The molecule has 0 spiro atoms. The van der Waals surface area contributed by atoms with Gasteiger partial charge < -0.3 is 5.32 Å². The zero-order chi connectivity index (χ0) is 13.7. The second-order valence-electron chi connectivity index (χ2n) is 5.85. The minimum Gasteiger partial charge on any atom is -0.363 e. The fraction of sp³-hybridized carbons (Fsp3) is 0.933. The van der Waals surface area contributed by atoms with Crippen LogP contribution in [0.5, 0.6) is 0 Å². The molecule has 0 aliphatic carbocycles. The van der Waals surface area contributed by atoms with Gasteiger partial charge in [-0.05, 0) is 38.8 Å². The van der Waals surface area contributed by atoms with E-state index < -0.39 is 0 Å². The fourth-order valence-electron chi connectivity index (χ4n) is 3.09. The third-order valence-electron chi connectivity index (χ3n) is 4.57. The summed E-state index contributed by atoms with van der Waals surface area (Å²) in [6.07, 6.45) is 5.30. The summed E-state index contributed by atoms with van der Waals surface area (Å²) in [5, 5.41) is 5.45. The Bertz CT molecular complexity index is 296. The summed E-state index contributed by atoms with van der Waals surface area (Å²) < 4.78 is 0. The normalized spacial score (nSPS) is 25.9. The Morgan fingerprint density at radius 3 is 2.63 bits per heavy atom. The van der Waals surface area contributed by atoms with Gasteiger partial charge in [0, 0.05) is 17.8 Å². The Morgan fingerprint density at radius 1 is 1.32 bits per heavy atom. The molecule has 1 saturated heterocycles. The predicted octanol–water partition coefficient (Wildman–Crippen LogP) is 2.97. The molecule has 0 bridgehead atoms. The third-order valence-corrected chi connectivity index (χ3v) is 5.90. The smallest absolute Gasteiger partial charge is 0.156 e. The summed E-state index contributed by atoms with van der Waals surface area (Å²) in [6.45, 7) is 11.5. The first-order chi connectivity index (χ1) is 9.24. The summed E-state index contributed by atoms with van der Waals surface area (Å²) in [7, 11) is 0. The van der Waals surface area contributed by atoms with Crippen LogP contribution in [0, 0.1) is 5.92 Å². The lowest BCUT2D eigenvalue weighted by molar-refractivity contribution is 0.259. The first-order valence-electron chi connectivity index (χ1n) is 7.93. The maximum atomic E-state index is 4.68. The van der Waals surface area contributed by atoms with E-state index in [4.69, 9.17) is 0 Å². The molecule has 2 heterocycles. The topological polar surface area (TPSA) is 27.6 Å². The minimum absolute atomic E-state index is 0.637. The second kappa shape index (κ2) is 7.53. The number of likely N-dealkylation sites (tertiary alicyclic amines) is 1. The van der Waals surface area contributed by atoms with Crippen molar-refractivity contribution in [1.29, 1.82) is 0 Å². The highest BCUT2D eigenvalue weighted by molar-refractivity contribution is 8.14. The van der Waals surface area contributed by atoms with Crippen molar-refractivity contribution >= 4 is 16.9 Å². The Kier molecular flexibility index (Phi) is 6.02. The number of hydrogen-bond donors (Lipinski definition) is 1. The molecule has 2 rings (SSSR count). The molecule has 1 N–H and O–H groups in total. The lowest BCUT2D eigenvalue weighted by Gasteiger charge is -2.24. The average molecular weight is 283 g/mol. The number of nitrogens with zero attached hydrogens (tertiary/aromatic N) is 2. The van der Waals surface area contributed by atoms with Crippen LogP contribution in [0.3, 0.4) is 0 Å². The molecule has 0 aromatic carbocycles. The highest BCUT2D eigenvalue weighted by atomic mass is 32.2. The zero-order valence-electron chi connectivity index (χ0n) is 12.7. The van der Waals surface area contributed by atoms with Crippen LogP contribution < -0.4 is 5.32 Å². The van der Waals surface area contributed by atoms with E-state index in [9.17, 15) is 0 Å². The number of nitrogens with one attached hydrogen (secondary N) is 1. The number of rotatable bonds is 6. The van der Waals surface area contributed by atoms with Crippen LogP contribution >= 0.6 is 11.8 Å². The molecular weight excluding hydrogens is 254 g/mol. The van der Waals surface area contributed by atoms with Gasteiger partial charge in [0.2, 0.25) is 0 Å². The van der Waals surface area contributed by atoms with Crippen molar-refractivity contribution in [3.63, 3.8) is 0 Å². The molecule has 19 heavy (non-hydrogen) atoms. The van der Waals surface area contributed by atoms with Crippen molar-refractivity contribution in [2.24, 2.45) is 10.9 Å². The van der Waals surface area contributed by atoms with Crippen LogP contribution in [0.15, 0.2) is 4.99 Å². The minimum atomic E-state index is 0.637. The Hall–Kier alpha value is -0.220. The highest BCUT2D eigenvalue weighted by Crippen LogP contribution is 2.30. The van der Waals surface area contributed by atoms with Crippen LogP contribution in [0.4, 0.5) is 0 Å². The van der Waals surface area contributed by atoms with Crippen molar-refractivity contribution in [1.82, 2.24) is 10.2 Å². The van der Waals surface area contributed by atoms with E-state index in [-0.39, 0.29) is 0 Å². The summed E-state index contributed by atoms with van der Waals surface area (Å²) in [5.74, 6) is 0.823. The average Bonchev–Trinajstić information content (AvgIpc) is 3.09. The molecule has 0 amide bonds. The molecule has 110 valence electrons. The molecule has 4 heteroatoms. The van der Waals surface area contributed by atoms with Crippen molar-refractivity contribution in [3.05, 3.63) is 0 Å². The van der Waals surface area contributed by atoms with E-state index >= 15 is 0 Å². The van der Waals surface area contributed by atoms with Gasteiger partial charge in [-0.15, -0.1) is 0 Å². The molecule has 0 aromatic heterocycles. The molecular formula is C15H29N3S. The Morgan fingerprint density at radius 2 is 2.00 bits per heavy atom. The van der Waals surface area contributed by atoms with Crippen LogP contribution in [-0.2, 0) is 0 Å². The van der Waals surface area contributed by atoms with Gasteiger partial charge in [-0.1, -0.05) is 38.5 Å². The molecule has 2 aliphatic rings. The lowest BCUT2D eigenvalue weighted by Crippen LogP contribution is -2.39. The summed E-state index contributed by atoms with van der Waals surface area (Å²) >= 11 is 1.97. The maximum absolute atomic E-state index is 4.68. The lowest BCUT2D eigenvalue weighted by atomic mass is 9.99. The second-order valence-corrected chi connectivity index (χ2v) is 7.08. The number of aliphatic imine (C=N–C) groups is 1. The van der Waals surface area contributed by atoms with Crippen LogP contribution in [0.1, 0.15) is 46.5 Å². The van der Waals surface area contributed by atoms with Crippen molar-refractivity contribution in [2.75, 3.05) is 26.2 Å². The van der Waals surface area contributed by atoms with Crippen molar-refractivity contribution in [3.8, 4) is 0 Å². The van der Waals surface area contributed by atoms with Crippen LogP contribution in [0.2, 0.25) is 0 Å². The van der Waals surface area contributed by atoms with Crippen LogP contribution in [-0.4, -0.2) is 47.5 Å². The van der Waals surface area contributed by atoms with Gasteiger partial charge in [0.1, 0.15) is 0 Å². The molecule has 3 nitrogen and oxygen atoms in total. The largest absolute Gasteiger partial charge is 0.363 e. The van der Waals surface area contributed by atoms with Gasteiger partial charge in [-0.2, -0.15) is 0 Å². The predicted molar refractivity (Wildman–Crippen MR) is 86.0 cm³/mol. The zero-order valence-corrected chi connectivity index (χ0v) is 13.5. The summed E-state index contributed by atoms with van der Waals surface area (Å²) in [4.78, 5) is 7.27. The van der Waals surface area contributed by atoms with E-state index in [1.165, 1.54) is 43.9 Å². The molecule has 0 radical (unpaired) electrons. The monoisotopic (exact) mass is 283 g/mol. The first-order valence-corrected chi connectivity index (χ1v) is 8.81. The Balaban J connectivity index is 1.69. The first kappa shape index (κ1) is 15.2. The van der Waals surface area contributed by atoms with E-state index in [0.717, 1.165) is 19.0 Å². The van der Waals surface area contributed by atoms with Gasteiger partial charge in [0.25, 0.3) is 0 Å². The third kappa shape index (κ3) is 4.12. The number of hydrogen-bond acceptors (Lipinski definition) is 4. The SMILES string of the molecule is CCC(CC)C1CN=C(NCC(C)N2CCCC2)S1. The summed E-state index contributed by atoms with van der Waals surface area (Å²) in [6, 6.07) is 0.637. The van der Waals surface area contributed by atoms with Gasteiger partial charge in [-0.3, -0.25) is 9.89 Å². The summed E-state index contributed by atoms with van der Waals surface area (Å²) in [5.41, 5.74) is 0.